The highest BCUT2D eigenvalue weighted by Crippen LogP contribution is 2.19. The van der Waals surface area contributed by atoms with Crippen molar-refractivity contribution in [2.75, 3.05) is 11.9 Å². The fourth-order valence-corrected chi connectivity index (χ4v) is 2.88. The third kappa shape index (κ3) is 4.85. The maximum atomic E-state index is 13.7. The Balaban J connectivity index is 1.71. The van der Waals surface area contributed by atoms with Crippen molar-refractivity contribution in [1.82, 2.24) is 4.90 Å². The van der Waals surface area contributed by atoms with Gasteiger partial charge in [-0.2, -0.15) is 0 Å². The summed E-state index contributed by atoms with van der Waals surface area (Å²) in [6, 6.07) is 19.0. The zero-order chi connectivity index (χ0) is 20.8. The molecule has 0 aliphatic rings. The van der Waals surface area contributed by atoms with Crippen molar-refractivity contribution in [3.8, 4) is 0 Å². The quantitative estimate of drug-likeness (QED) is 0.648. The van der Waals surface area contributed by atoms with E-state index >= 15 is 0 Å². The maximum absolute atomic E-state index is 13.7. The molecule has 3 aromatic carbocycles. The van der Waals surface area contributed by atoms with Crippen LogP contribution in [0, 0.1) is 11.6 Å². The smallest absolute Gasteiger partial charge is 0.255 e. The van der Waals surface area contributed by atoms with E-state index in [-0.39, 0.29) is 11.5 Å². The van der Waals surface area contributed by atoms with Gasteiger partial charge >= 0.3 is 0 Å². The Morgan fingerprint density at radius 2 is 1.41 bits per heavy atom. The van der Waals surface area contributed by atoms with Gasteiger partial charge in [0.25, 0.3) is 11.8 Å². The van der Waals surface area contributed by atoms with E-state index in [1.807, 2.05) is 37.3 Å². The molecule has 6 heteroatoms. The number of hydrogen-bond donors (Lipinski definition) is 1. The van der Waals surface area contributed by atoms with Gasteiger partial charge in [-0.05, 0) is 48.9 Å². The molecule has 4 nitrogen and oxygen atoms in total. The third-order valence-electron chi connectivity index (χ3n) is 4.48. The largest absolute Gasteiger partial charge is 0.335 e. The van der Waals surface area contributed by atoms with E-state index < -0.39 is 23.2 Å². The summed E-state index contributed by atoms with van der Waals surface area (Å²) < 4.78 is 27.4. The topological polar surface area (TPSA) is 49.4 Å². The summed E-state index contributed by atoms with van der Waals surface area (Å²) in [5, 5.41) is 2.23. The van der Waals surface area contributed by atoms with Crippen LogP contribution in [-0.2, 0) is 6.54 Å². The maximum Gasteiger partial charge on any atom is 0.255 e. The Morgan fingerprint density at radius 1 is 0.828 bits per heavy atom. The molecule has 148 valence electrons. The Labute approximate surface area is 167 Å². The number of para-hydroxylation sites is 1. The fraction of sp³-hybridized carbons (Fsp3) is 0.130. The number of nitrogens with zero attached hydrogens (tertiary/aromatic N) is 1. The van der Waals surface area contributed by atoms with Crippen LogP contribution in [-0.4, -0.2) is 23.3 Å². The van der Waals surface area contributed by atoms with Crippen molar-refractivity contribution in [2.24, 2.45) is 0 Å². The van der Waals surface area contributed by atoms with E-state index in [1.165, 1.54) is 30.3 Å². The van der Waals surface area contributed by atoms with E-state index in [4.69, 9.17) is 0 Å². The summed E-state index contributed by atoms with van der Waals surface area (Å²) in [6.07, 6.45) is 0. The van der Waals surface area contributed by atoms with Crippen molar-refractivity contribution in [3.63, 3.8) is 0 Å². The minimum Gasteiger partial charge on any atom is -0.335 e. The van der Waals surface area contributed by atoms with Gasteiger partial charge < -0.3 is 10.2 Å². The summed E-state index contributed by atoms with van der Waals surface area (Å²) in [6.45, 7) is 2.90. The minimum atomic E-state index is -0.857. The summed E-state index contributed by atoms with van der Waals surface area (Å²) in [5.41, 5.74) is 1.13. The van der Waals surface area contributed by atoms with E-state index in [9.17, 15) is 18.4 Å². The van der Waals surface area contributed by atoms with Gasteiger partial charge in [0.2, 0.25) is 0 Å². The minimum absolute atomic E-state index is 0.163. The number of carbonyl (C=O) groups excluding carboxylic acids is 2. The van der Waals surface area contributed by atoms with E-state index in [1.54, 1.807) is 4.90 Å². The molecule has 0 saturated carbocycles. The Kier molecular flexibility index (Phi) is 6.34. The van der Waals surface area contributed by atoms with Crippen LogP contribution < -0.4 is 5.32 Å². The van der Waals surface area contributed by atoms with E-state index in [0.717, 1.165) is 17.7 Å². The molecular weight excluding hydrogens is 374 g/mol. The molecule has 0 unspecified atom stereocenters. The van der Waals surface area contributed by atoms with Gasteiger partial charge in [0.15, 0.2) is 0 Å². The lowest BCUT2D eigenvalue weighted by atomic mass is 10.1. The zero-order valence-electron chi connectivity index (χ0n) is 15.9. The Hall–Kier alpha value is -3.54. The molecule has 0 bridgehead atoms. The lowest BCUT2D eigenvalue weighted by Crippen LogP contribution is -2.30. The average molecular weight is 394 g/mol. The van der Waals surface area contributed by atoms with E-state index in [2.05, 4.69) is 5.32 Å². The van der Waals surface area contributed by atoms with Gasteiger partial charge in [0, 0.05) is 24.2 Å². The first-order valence-electron chi connectivity index (χ1n) is 9.18. The van der Waals surface area contributed by atoms with Crippen LogP contribution in [0.25, 0.3) is 0 Å². The van der Waals surface area contributed by atoms with Gasteiger partial charge in [-0.3, -0.25) is 9.59 Å². The van der Waals surface area contributed by atoms with Gasteiger partial charge in [0.05, 0.1) is 0 Å². The van der Waals surface area contributed by atoms with Crippen LogP contribution in [0.15, 0.2) is 72.8 Å². The Bertz CT molecular complexity index is 985. The third-order valence-corrected chi connectivity index (χ3v) is 4.48. The zero-order valence-corrected chi connectivity index (χ0v) is 15.9. The summed E-state index contributed by atoms with van der Waals surface area (Å²) >= 11 is 0. The standard InChI is InChI=1S/C23H20F2N2O2/c1-2-27(15-16-7-4-3-5-8-16)23(29)18-13-11-17(12-14-18)22(28)26-21-19(24)9-6-10-20(21)25/h3-14H,2,15H2,1H3,(H,26,28). The summed E-state index contributed by atoms with van der Waals surface area (Å²) in [5.74, 6) is -2.54. The fourth-order valence-electron chi connectivity index (χ4n) is 2.88. The molecule has 1 N–H and O–H groups in total. The molecule has 3 rings (SSSR count). The monoisotopic (exact) mass is 394 g/mol. The first-order chi connectivity index (χ1) is 14.0. The number of hydrogen-bond acceptors (Lipinski definition) is 2. The van der Waals surface area contributed by atoms with Crippen molar-refractivity contribution < 1.29 is 18.4 Å². The summed E-state index contributed by atoms with van der Waals surface area (Å²) in [7, 11) is 0. The molecule has 0 heterocycles. The molecule has 0 saturated heterocycles. The highest BCUT2D eigenvalue weighted by Gasteiger charge is 2.17. The van der Waals surface area contributed by atoms with Crippen LogP contribution in [0.1, 0.15) is 33.2 Å². The van der Waals surface area contributed by atoms with E-state index in [0.29, 0.717) is 18.7 Å². The number of amides is 2. The van der Waals surface area contributed by atoms with Crippen molar-refractivity contribution in [2.45, 2.75) is 13.5 Å². The lowest BCUT2D eigenvalue weighted by molar-refractivity contribution is 0.0752. The average Bonchev–Trinajstić information content (AvgIpc) is 2.75. The first kappa shape index (κ1) is 20.2. The second-order valence-electron chi connectivity index (χ2n) is 6.43. The molecular formula is C23H20F2N2O2. The predicted octanol–water partition coefficient (Wildman–Crippen LogP) is 4.88. The van der Waals surface area contributed by atoms with Gasteiger partial charge in [-0.25, -0.2) is 8.78 Å². The molecule has 0 spiro atoms. The van der Waals surface area contributed by atoms with Crippen LogP contribution in [0.5, 0.6) is 0 Å². The molecule has 29 heavy (non-hydrogen) atoms. The number of benzene rings is 3. The highest BCUT2D eigenvalue weighted by atomic mass is 19.1. The number of rotatable bonds is 6. The second kappa shape index (κ2) is 9.10. The molecule has 0 aromatic heterocycles. The number of carbonyl (C=O) groups is 2. The highest BCUT2D eigenvalue weighted by molar-refractivity contribution is 6.05. The normalized spacial score (nSPS) is 10.4. The van der Waals surface area contributed by atoms with Crippen molar-refractivity contribution in [1.29, 1.82) is 0 Å². The molecule has 2 amide bonds. The van der Waals surface area contributed by atoms with Gasteiger partial charge in [0.1, 0.15) is 17.3 Å². The van der Waals surface area contributed by atoms with Gasteiger partial charge in [-0.1, -0.05) is 36.4 Å². The lowest BCUT2D eigenvalue weighted by Gasteiger charge is -2.21. The van der Waals surface area contributed by atoms with Crippen LogP contribution in [0.2, 0.25) is 0 Å². The van der Waals surface area contributed by atoms with Crippen molar-refractivity contribution in [3.05, 3.63) is 101 Å². The molecule has 0 radical (unpaired) electrons. The van der Waals surface area contributed by atoms with Crippen LogP contribution >= 0.6 is 0 Å². The molecule has 0 fully saturated rings. The number of nitrogens with one attached hydrogen (secondary N) is 1. The Morgan fingerprint density at radius 3 is 2.00 bits per heavy atom. The van der Waals surface area contributed by atoms with Crippen LogP contribution in [0.4, 0.5) is 14.5 Å². The number of anilines is 1. The van der Waals surface area contributed by atoms with Crippen LogP contribution in [0.3, 0.4) is 0 Å². The first-order valence-corrected chi connectivity index (χ1v) is 9.18. The summed E-state index contributed by atoms with van der Waals surface area (Å²) in [4.78, 5) is 26.8. The SMILES string of the molecule is CCN(Cc1ccccc1)C(=O)c1ccc(C(=O)Nc2c(F)cccc2F)cc1. The van der Waals surface area contributed by atoms with Crippen molar-refractivity contribution >= 4 is 17.5 Å². The molecule has 0 atom stereocenters. The second-order valence-corrected chi connectivity index (χ2v) is 6.43. The molecule has 3 aromatic rings. The predicted molar refractivity (Wildman–Crippen MR) is 108 cm³/mol. The van der Waals surface area contributed by atoms with Gasteiger partial charge in [-0.15, -0.1) is 0 Å². The number of halogens is 2. The molecule has 0 aliphatic heterocycles. The molecule has 0 aliphatic carbocycles.